The minimum absolute atomic E-state index is 0.286. The summed E-state index contributed by atoms with van der Waals surface area (Å²) in [5, 5.41) is 7.87. The summed E-state index contributed by atoms with van der Waals surface area (Å²) in [5.41, 5.74) is 2.03. The van der Waals surface area contributed by atoms with E-state index in [-0.39, 0.29) is 11.9 Å². The van der Waals surface area contributed by atoms with E-state index in [9.17, 15) is 4.79 Å². The van der Waals surface area contributed by atoms with Gasteiger partial charge in [0.15, 0.2) is 0 Å². The van der Waals surface area contributed by atoms with Gasteiger partial charge in [-0.3, -0.25) is 4.79 Å². The molecule has 0 fully saturated rings. The van der Waals surface area contributed by atoms with Gasteiger partial charge in [0.25, 0.3) is 0 Å². The fraction of sp³-hybridized carbons (Fsp3) is 0.417. The highest BCUT2D eigenvalue weighted by molar-refractivity contribution is 7.08. The number of carbonyl (C=O) groups is 1. The van der Waals surface area contributed by atoms with Crippen LogP contribution in [0.2, 0.25) is 0 Å². The van der Waals surface area contributed by atoms with Crippen LogP contribution in [0.4, 0.5) is 0 Å². The highest BCUT2D eigenvalue weighted by Crippen LogP contribution is 2.25. The van der Waals surface area contributed by atoms with E-state index in [1.54, 1.807) is 25.2 Å². The summed E-state index contributed by atoms with van der Waals surface area (Å²) >= 11 is 1.58. The molecule has 5 nitrogen and oxygen atoms in total. The molecule has 0 aliphatic carbocycles. The van der Waals surface area contributed by atoms with E-state index in [4.69, 9.17) is 9.26 Å². The Morgan fingerprint density at radius 1 is 1.56 bits per heavy atom. The lowest BCUT2D eigenvalue weighted by Gasteiger charge is -2.04. The summed E-state index contributed by atoms with van der Waals surface area (Å²) in [5.74, 6) is -0.0890. The van der Waals surface area contributed by atoms with E-state index in [0.29, 0.717) is 12.4 Å². The van der Waals surface area contributed by atoms with Gasteiger partial charge in [-0.05, 0) is 31.7 Å². The van der Waals surface area contributed by atoms with Gasteiger partial charge in [0.2, 0.25) is 11.7 Å². The molecule has 0 saturated carbocycles. The fourth-order valence-electron chi connectivity index (χ4n) is 1.48. The van der Waals surface area contributed by atoms with E-state index in [1.165, 1.54) is 0 Å². The normalized spacial score (nSPS) is 12.4. The van der Waals surface area contributed by atoms with Crippen molar-refractivity contribution in [2.75, 3.05) is 6.61 Å². The predicted molar refractivity (Wildman–Crippen MR) is 67.4 cm³/mol. The number of aromatic nitrogens is 2. The molecule has 1 unspecified atom stereocenters. The molecule has 0 saturated heterocycles. The number of hydrogen-bond acceptors (Lipinski definition) is 6. The molecule has 0 bridgehead atoms. The van der Waals surface area contributed by atoms with Crippen LogP contribution in [-0.4, -0.2) is 22.7 Å². The topological polar surface area (TPSA) is 65.2 Å². The third-order valence-electron chi connectivity index (χ3n) is 2.55. The minimum Gasteiger partial charge on any atom is -0.465 e. The molecule has 18 heavy (non-hydrogen) atoms. The maximum atomic E-state index is 11.6. The van der Waals surface area contributed by atoms with Crippen LogP contribution in [0, 0.1) is 6.92 Å². The third kappa shape index (κ3) is 2.43. The molecule has 2 aromatic heterocycles. The summed E-state index contributed by atoms with van der Waals surface area (Å²) < 4.78 is 10.0. The van der Waals surface area contributed by atoms with E-state index < -0.39 is 5.92 Å². The number of thiophene rings is 1. The van der Waals surface area contributed by atoms with Crippen LogP contribution in [0.5, 0.6) is 0 Å². The first-order chi connectivity index (χ1) is 8.63. The lowest BCUT2D eigenvalue weighted by atomic mass is 10.2. The summed E-state index contributed by atoms with van der Waals surface area (Å²) in [7, 11) is 0. The molecular formula is C12H14N2O3S. The van der Waals surface area contributed by atoms with E-state index in [0.717, 1.165) is 11.1 Å². The molecular weight excluding hydrogens is 252 g/mol. The molecule has 0 spiro atoms. The van der Waals surface area contributed by atoms with Gasteiger partial charge in [0, 0.05) is 10.9 Å². The predicted octanol–water partition coefficient (Wildman–Crippen LogP) is 2.77. The second-order valence-electron chi connectivity index (χ2n) is 3.90. The Labute approximate surface area is 109 Å². The molecule has 2 rings (SSSR count). The summed E-state index contributed by atoms with van der Waals surface area (Å²) in [6, 6.07) is 0. The van der Waals surface area contributed by atoms with Crippen LogP contribution in [0.1, 0.15) is 31.2 Å². The molecule has 6 heteroatoms. The zero-order valence-electron chi connectivity index (χ0n) is 10.5. The molecule has 0 aromatic carbocycles. The Balaban J connectivity index is 2.21. The molecule has 0 radical (unpaired) electrons. The molecule has 2 heterocycles. The molecule has 0 aliphatic heterocycles. The Morgan fingerprint density at radius 3 is 2.94 bits per heavy atom. The van der Waals surface area contributed by atoms with Crippen molar-refractivity contribution in [1.29, 1.82) is 0 Å². The van der Waals surface area contributed by atoms with Crippen LogP contribution in [0.3, 0.4) is 0 Å². The first-order valence-corrected chi connectivity index (χ1v) is 6.61. The van der Waals surface area contributed by atoms with Gasteiger partial charge >= 0.3 is 5.97 Å². The van der Waals surface area contributed by atoms with Crippen molar-refractivity contribution in [3.8, 4) is 11.4 Å². The van der Waals surface area contributed by atoms with E-state index >= 15 is 0 Å². The molecule has 0 amide bonds. The standard InChI is InChI=1S/C12H14N2O3S/c1-4-16-12(15)8(3)11-13-10(14-17-11)9-6-18-5-7(9)2/h5-6,8H,4H2,1-3H3. The fourth-order valence-corrected chi connectivity index (χ4v) is 2.30. The van der Waals surface area contributed by atoms with Gasteiger partial charge in [-0.25, -0.2) is 0 Å². The zero-order chi connectivity index (χ0) is 13.1. The average Bonchev–Trinajstić information content (AvgIpc) is 2.96. The molecule has 96 valence electrons. The molecule has 1 atom stereocenters. The number of nitrogens with zero attached hydrogens (tertiary/aromatic N) is 2. The Kier molecular flexibility index (Phi) is 3.76. The number of ether oxygens (including phenoxy) is 1. The van der Waals surface area contributed by atoms with Crippen LogP contribution >= 0.6 is 11.3 Å². The van der Waals surface area contributed by atoms with Crippen molar-refractivity contribution in [2.24, 2.45) is 0 Å². The number of rotatable bonds is 4. The van der Waals surface area contributed by atoms with Gasteiger partial charge in [0.1, 0.15) is 5.92 Å². The van der Waals surface area contributed by atoms with Crippen molar-refractivity contribution < 1.29 is 14.1 Å². The monoisotopic (exact) mass is 266 g/mol. The van der Waals surface area contributed by atoms with E-state index in [2.05, 4.69) is 10.1 Å². The Morgan fingerprint density at radius 2 is 2.33 bits per heavy atom. The smallest absolute Gasteiger partial charge is 0.318 e. The van der Waals surface area contributed by atoms with Crippen molar-refractivity contribution in [2.45, 2.75) is 26.7 Å². The molecule has 0 aliphatic rings. The minimum atomic E-state index is -0.537. The van der Waals surface area contributed by atoms with Crippen LogP contribution in [0.25, 0.3) is 11.4 Å². The summed E-state index contributed by atoms with van der Waals surface area (Å²) in [6.07, 6.45) is 0. The quantitative estimate of drug-likeness (QED) is 0.796. The van der Waals surface area contributed by atoms with Crippen molar-refractivity contribution in [3.05, 3.63) is 22.2 Å². The first kappa shape index (κ1) is 12.8. The second-order valence-corrected chi connectivity index (χ2v) is 4.64. The lowest BCUT2D eigenvalue weighted by molar-refractivity contribution is -0.145. The highest BCUT2D eigenvalue weighted by Gasteiger charge is 2.23. The average molecular weight is 266 g/mol. The number of aryl methyl sites for hydroxylation is 1. The number of carbonyl (C=O) groups excluding carboxylic acids is 1. The molecule has 2 aromatic rings. The Hall–Kier alpha value is -1.69. The Bertz CT molecular complexity index is 547. The van der Waals surface area contributed by atoms with E-state index in [1.807, 2.05) is 17.7 Å². The summed E-state index contributed by atoms with van der Waals surface area (Å²) in [4.78, 5) is 15.8. The van der Waals surface area contributed by atoms with Crippen LogP contribution in [-0.2, 0) is 9.53 Å². The maximum absolute atomic E-state index is 11.6. The van der Waals surface area contributed by atoms with Crippen LogP contribution in [0.15, 0.2) is 15.3 Å². The largest absolute Gasteiger partial charge is 0.465 e. The second kappa shape index (κ2) is 5.30. The lowest BCUT2D eigenvalue weighted by Crippen LogP contribution is -2.13. The summed E-state index contributed by atoms with van der Waals surface area (Å²) in [6.45, 7) is 5.78. The number of hydrogen-bond donors (Lipinski definition) is 0. The highest BCUT2D eigenvalue weighted by atomic mass is 32.1. The van der Waals surface area contributed by atoms with Gasteiger partial charge in [0.05, 0.1) is 6.61 Å². The van der Waals surface area contributed by atoms with Gasteiger partial charge < -0.3 is 9.26 Å². The number of esters is 1. The van der Waals surface area contributed by atoms with Crippen LogP contribution < -0.4 is 0 Å². The van der Waals surface area contributed by atoms with Crippen molar-refractivity contribution in [3.63, 3.8) is 0 Å². The van der Waals surface area contributed by atoms with Gasteiger partial charge in [-0.15, -0.1) is 0 Å². The SMILES string of the molecule is CCOC(=O)C(C)c1nc(-c2cscc2C)no1. The molecule has 0 N–H and O–H groups in total. The van der Waals surface area contributed by atoms with Gasteiger partial charge in [-0.2, -0.15) is 16.3 Å². The zero-order valence-corrected chi connectivity index (χ0v) is 11.3. The van der Waals surface area contributed by atoms with Gasteiger partial charge in [-0.1, -0.05) is 5.16 Å². The van der Waals surface area contributed by atoms with Crippen molar-refractivity contribution >= 4 is 17.3 Å². The maximum Gasteiger partial charge on any atom is 0.318 e. The van der Waals surface area contributed by atoms with Crippen molar-refractivity contribution in [1.82, 2.24) is 10.1 Å². The third-order valence-corrected chi connectivity index (χ3v) is 3.41. The first-order valence-electron chi connectivity index (χ1n) is 5.67.